The molecule has 0 bridgehead atoms. The first-order valence-electron chi connectivity index (χ1n) is 8.98. The van der Waals surface area contributed by atoms with Gasteiger partial charge in [0.1, 0.15) is 5.76 Å². The van der Waals surface area contributed by atoms with E-state index >= 15 is 0 Å². The summed E-state index contributed by atoms with van der Waals surface area (Å²) >= 11 is 0. The molecule has 4 rings (SSSR count). The maximum atomic E-state index is 12.1. The number of hydrogen-bond donors (Lipinski definition) is 1. The molecule has 2 aromatic rings. The number of aromatic nitrogens is 3. The van der Waals surface area contributed by atoms with Gasteiger partial charge >= 0.3 is 0 Å². The van der Waals surface area contributed by atoms with Gasteiger partial charge in [0.25, 0.3) is 11.7 Å². The molecule has 0 spiro atoms. The van der Waals surface area contributed by atoms with Crippen LogP contribution in [0.2, 0.25) is 0 Å². The molecular weight excluding hydrogens is 322 g/mol. The largest absolute Gasteiger partial charge is 0.361 e. The van der Waals surface area contributed by atoms with Crippen molar-refractivity contribution in [2.75, 3.05) is 6.54 Å². The summed E-state index contributed by atoms with van der Waals surface area (Å²) in [7, 11) is 0. The molecule has 1 saturated carbocycles. The molecule has 0 radical (unpaired) electrons. The summed E-state index contributed by atoms with van der Waals surface area (Å²) in [5.74, 6) is 1.26. The third-order valence-corrected chi connectivity index (χ3v) is 4.97. The zero-order valence-corrected chi connectivity index (χ0v) is 14.6. The first kappa shape index (κ1) is 16.3. The number of likely N-dealkylation sites (tertiary alicyclic amines) is 1. The number of rotatable bonds is 6. The van der Waals surface area contributed by atoms with Crippen molar-refractivity contribution in [1.82, 2.24) is 25.5 Å². The highest BCUT2D eigenvalue weighted by Gasteiger charge is 2.33. The highest BCUT2D eigenvalue weighted by Crippen LogP contribution is 2.33. The van der Waals surface area contributed by atoms with Crippen molar-refractivity contribution < 1.29 is 13.8 Å². The van der Waals surface area contributed by atoms with Gasteiger partial charge in [-0.3, -0.25) is 9.69 Å². The summed E-state index contributed by atoms with van der Waals surface area (Å²) in [6, 6.07) is 0.315. The molecule has 2 aromatic heterocycles. The molecular formula is C17H23N5O3. The molecule has 1 aliphatic carbocycles. The third-order valence-electron chi connectivity index (χ3n) is 4.97. The standard InChI is InChI=1S/C17H23N5O3/c1-3-13-12(10(2)24-20-13)9-22-8-4-5-14(22)17-19-15(21-25-17)16(23)18-11-6-7-11/h11,14H,3-9H2,1-2H3,(H,18,23)/t14-/m1/s1. The Labute approximate surface area is 145 Å². The summed E-state index contributed by atoms with van der Waals surface area (Å²) < 4.78 is 10.7. The van der Waals surface area contributed by atoms with E-state index < -0.39 is 0 Å². The average molecular weight is 345 g/mol. The van der Waals surface area contributed by atoms with Crippen molar-refractivity contribution in [1.29, 1.82) is 0 Å². The summed E-state index contributed by atoms with van der Waals surface area (Å²) in [5.41, 5.74) is 2.14. The Morgan fingerprint density at radius 3 is 2.88 bits per heavy atom. The molecule has 0 unspecified atom stereocenters. The van der Waals surface area contributed by atoms with Gasteiger partial charge in [0.15, 0.2) is 0 Å². The van der Waals surface area contributed by atoms with Crippen LogP contribution in [0.15, 0.2) is 9.05 Å². The third kappa shape index (κ3) is 3.30. The van der Waals surface area contributed by atoms with Gasteiger partial charge in [-0.05, 0) is 45.6 Å². The predicted octanol–water partition coefficient (Wildman–Crippen LogP) is 2.16. The van der Waals surface area contributed by atoms with E-state index in [1.807, 2.05) is 6.92 Å². The Morgan fingerprint density at radius 2 is 2.12 bits per heavy atom. The molecule has 2 aliphatic rings. The zero-order chi connectivity index (χ0) is 17.4. The van der Waals surface area contributed by atoms with Gasteiger partial charge in [0.05, 0.1) is 11.7 Å². The topological polar surface area (TPSA) is 97.3 Å². The first-order valence-corrected chi connectivity index (χ1v) is 8.98. The lowest BCUT2D eigenvalue weighted by Gasteiger charge is -2.21. The Balaban J connectivity index is 1.48. The maximum Gasteiger partial charge on any atom is 0.292 e. The Bertz CT molecular complexity index is 764. The summed E-state index contributed by atoms with van der Waals surface area (Å²) in [4.78, 5) is 18.7. The Kier molecular flexibility index (Phi) is 4.29. The molecule has 1 amide bonds. The number of nitrogens with zero attached hydrogens (tertiary/aromatic N) is 4. The minimum atomic E-state index is -0.245. The molecule has 8 heteroatoms. The highest BCUT2D eigenvalue weighted by molar-refractivity contribution is 5.90. The maximum absolute atomic E-state index is 12.1. The van der Waals surface area contributed by atoms with Gasteiger partial charge in [-0.2, -0.15) is 4.98 Å². The monoisotopic (exact) mass is 345 g/mol. The molecule has 134 valence electrons. The van der Waals surface area contributed by atoms with E-state index in [1.165, 1.54) is 0 Å². The van der Waals surface area contributed by atoms with Gasteiger partial charge in [0, 0.05) is 18.2 Å². The van der Waals surface area contributed by atoms with Gasteiger partial charge in [-0.1, -0.05) is 17.2 Å². The summed E-state index contributed by atoms with van der Waals surface area (Å²) in [6.45, 7) is 5.71. The van der Waals surface area contributed by atoms with Crippen molar-refractivity contribution in [3.05, 3.63) is 28.7 Å². The minimum absolute atomic E-state index is 0.0361. The number of nitrogens with one attached hydrogen (secondary N) is 1. The molecule has 3 heterocycles. The summed E-state index contributed by atoms with van der Waals surface area (Å²) in [6.07, 6.45) is 4.91. The average Bonchev–Trinajstić information content (AvgIpc) is 3.03. The van der Waals surface area contributed by atoms with Crippen LogP contribution in [0.1, 0.15) is 72.2 Å². The number of hydrogen-bond acceptors (Lipinski definition) is 7. The molecule has 25 heavy (non-hydrogen) atoms. The van der Waals surface area contributed by atoms with E-state index in [0.717, 1.165) is 62.2 Å². The lowest BCUT2D eigenvalue weighted by atomic mass is 10.1. The second-order valence-electron chi connectivity index (χ2n) is 6.85. The van der Waals surface area contributed by atoms with Crippen LogP contribution in [0.25, 0.3) is 0 Å². The second-order valence-corrected chi connectivity index (χ2v) is 6.85. The van der Waals surface area contributed by atoms with E-state index in [0.29, 0.717) is 5.89 Å². The fourth-order valence-corrected chi connectivity index (χ4v) is 3.36. The molecule has 8 nitrogen and oxygen atoms in total. The van der Waals surface area contributed by atoms with Crippen LogP contribution in [0.5, 0.6) is 0 Å². The molecule has 0 aromatic carbocycles. The van der Waals surface area contributed by atoms with Crippen LogP contribution in [0, 0.1) is 6.92 Å². The van der Waals surface area contributed by atoms with Gasteiger partial charge in [-0.25, -0.2) is 0 Å². The van der Waals surface area contributed by atoms with Crippen LogP contribution >= 0.6 is 0 Å². The van der Waals surface area contributed by atoms with Crippen LogP contribution in [-0.4, -0.2) is 38.7 Å². The van der Waals surface area contributed by atoms with Crippen molar-refractivity contribution in [3.8, 4) is 0 Å². The lowest BCUT2D eigenvalue weighted by Crippen LogP contribution is -2.27. The second kappa shape index (κ2) is 6.59. The van der Waals surface area contributed by atoms with Crippen molar-refractivity contribution in [3.63, 3.8) is 0 Å². The first-order chi connectivity index (χ1) is 12.2. The van der Waals surface area contributed by atoms with E-state index in [1.54, 1.807) is 0 Å². The van der Waals surface area contributed by atoms with Crippen LogP contribution < -0.4 is 5.32 Å². The highest BCUT2D eigenvalue weighted by atomic mass is 16.5. The van der Waals surface area contributed by atoms with E-state index in [2.05, 4.69) is 32.4 Å². The SMILES string of the molecule is CCc1noc(C)c1CN1CCC[C@@H]1c1nc(C(=O)NC2CC2)no1. The predicted molar refractivity (Wildman–Crippen MR) is 87.8 cm³/mol. The van der Waals surface area contributed by atoms with E-state index in [9.17, 15) is 4.79 Å². The van der Waals surface area contributed by atoms with E-state index in [4.69, 9.17) is 9.05 Å². The smallest absolute Gasteiger partial charge is 0.292 e. The Hall–Kier alpha value is -2.22. The van der Waals surface area contributed by atoms with Gasteiger partial charge < -0.3 is 14.4 Å². The van der Waals surface area contributed by atoms with Gasteiger partial charge in [-0.15, -0.1) is 0 Å². The van der Waals surface area contributed by atoms with Crippen molar-refractivity contribution in [2.45, 2.75) is 64.6 Å². The van der Waals surface area contributed by atoms with Crippen LogP contribution in [0.3, 0.4) is 0 Å². The van der Waals surface area contributed by atoms with Crippen LogP contribution in [-0.2, 0) is 13.0 Å². The van der Waals surface area contributed by atoms with Crippen molar-refractivity contribution in [2.24, 2.45) is 0 Å². The Morgan fingerprint density at radius 1 is 1.28 bits per heavy atom. The fourth-order valence-electron chi connectivity index (χ4n) is 3.36. The number of amides is 1. The normalized spacial score (nSPS) is 21.0. The lowest BCUT2D eigenvalue weighted by molar-refractivity contribution is 0.0937. The van der Waals surface area contributed by atoms with E-state index in [-0.39, 0.29) is 23.8 Å². The molecule has 1 aliphatic heterocycles. The number of carbonyl (C=O) groups excluding carboxylic acids is 1. The molecule has 1 N–H and O–H groups in total. The fraction of sp³-hybridized carbons (Fsp3) is 0.647. The molecule has 2 fully saturated rings. The summed E-state index contributed by atoms with van der Waals surface area (Å²) in [5, 5.41) is 10.9. The number of aryl methyl sites for hydroxylation is 2. The number of carbonyl (C=O) groups is 1. The zero-order valence-electron chi connectivity index (χ0n) is 14.6. The molecule has 1 saturated heterocycles. The quantitative estimate of drug-likeness (QED) is 0.856. The molecule has 1 atom stereocenters. The van der Waals surface area contributed by atoms with Crippen molar-refractivity contribution >= 4 is 5.91 Å². The van der Waals surface area contributed by atoms with Gasteiger partial charge in [0.2, 0.25) is 5.89 Å². The minimum Gasteiger partial charge on any atom is -0.361 e. The van der Waals surface area contributed by atoms with Crippen LogP contribution in [0.4, 0.5) is 0 Å².